The van der Waals surface area contributed by atoms with Crippen molar-refractivity contribution in [1.82, 2.24) is 4.90 Å². The predicted molar refractivity (Wildman–Crippen MR) is 117 cm³/mol. The van der Waals surface area contributed by atoms with E-state index in [0.717, 1.165) is 11.1 Å². The molecule has 0 radical (unpaired) electrons. The van der Waals surface area contributed by atoms with E-state index in [1.54, 1.807) is 41.3 Å². The molecule has 1 amide bonds. The summed E-state index contributed by atoms with van der Waals surface area (Å²) in [4.78, 5) is 26.1. The molecule has 5 heteroatoms. The van der Waals surface area contributed by atoms with Gasteiger partial charge in [0.25, 0.3) is 5.91 Å². The van der Waals surface area contributed by atoms with Crippen LogP contribution in [-0.4, -0.2) is 36.5 Å². The van der Waals surface area contributed by atoms with Gasteiger partial charge in [-0.05, 0) is 61.4 Å². The van der Waals surface area contributed by atoms with Crippen molar-refractivity contribution in [3.63, 3.8) is 0 Å². The molecule has 0 atom stereocenters. The molecule has 0 aliphatic rings. The summed E-state index contributed by atoms with van der Waals surface area (Å²) in [7, 11) is 0. The van der Waals surface area contributed by atoms with Gasteiger partial charge in [-0.25, -0.2) is 4.79 Å². The summed E-state index contributed by atoms with van der Waals surface area (Å²) in [6, 6.07) is 24.1. The van der Waals surface area contributed by atoms with Crippen molar-refractivity contribution in [2.24, 2.45) is 0 Å². The molecule has 0 aromatic heterocycles. The summed E-state index contributed by atoms with van der Waals surface area (Å²) in [5.41, 5.74) is 2.74. The van der Waals surface area contributed by atoms with Gasteiger partial charge in [0.15, 0.2) is 6.61 Å². The van der Waals surface area contributed by atoms with Gasteiger partial charge in [-0.2, -0.15) is 0 Å². The second-order valence-corrected chi connectivity index (χ2v) is 6.65. The number of nitrogens with zero attached hydrogens (tertiary/aromatic N) is 1. The third-order valence-corrected chi connectivity index (χ3v) is 4.70. The van der Waals surface area contributed by atoms with Crippen LogP contribution < -0.4 is 9.47 Å². The molecule has 0 saturated heterocycles. The Balaban J connectivity index is 1.51. The first-order valence-electron chi connectivity index (χ1n) is 9.99. The molecule has 3 aromatic rings. The smallest absolute Gasteiger partial charge is 0.349 e. The zero-order chi connectivity index (χ0) is 21.3. The minimum atomic E-state index is -0.495. The summed E-state index contributed by atoms with van der Waals surface area (Å²) < 4.78 is 10.8. The third-order valence-electron chi connectivity index (χ3n) is 4.70. The second kappa shape index (κ2) is 10.3. The highest BCUT2D eigenvalue weighted by Crippen LogP contribution is 2.22. The normalized spacial score (nSPS) is 10.3. The maximum Gasteiger partial charge on any atom is 0.349 e. The van der Waals surface area contributed by atoms with Gasteiger partial charge in [-0.1, -0.05) is 42.5 Å². The van der Waals surface area contributed by atoms with Gasteiger partial charge in [0.2, 0.25) is 0 Å². The van der Waals surface area contributed by atoms with Crippen LogP contribution in [0, 0.1) is 0 Å². The first-order chi connectivity index (χ1) is 14.6. The maximum atomic E-state index is 12.3. The van der Waals surface area contributed by atoms with Crippen LogP contribution in [0.15, 0.2) is 78.9 Å². The fourth-order valence-electron chi connectivity index (χ4n) is 3.04. The fourth-order valence-corrected chi connectivity index (χ4v) is 3.04. The zero-order valence-electron chi connectivity index (χ0n) is 17.2. The van der Waals surface area contributed by atoms with Gasteiger partial charge in [-0.15, -0.1) is 0 Å². The Labute approximate surface area is 176 Å². The number of amides is 1. The van der Waals surface area contributed by atoms with Crippen LogP contribution in [0.2, 0.25) is 0 Å². The summed E-state index contributed by atoms with van der Waals surface area (Å²) in [5.74, 6) is 0.446. The molecule has 0 aliphatic carbocycles. The summed E-state index contributed by atoms with van der Waals surface area (Å²) in [6.07, 6.45) is 0. The van der Waals surface area contributed by atoms with Crippen LogP contribution in [0.5, 0.6) is 11.5 Å². The quantitative estimate of drug-likeness (QED) is 0.400. The molecule has 0 unspecified atom stereocenters. The standard InChI is InChI=1S/C25H25NO4/c1-3-26(4-2)25(28)21-12-14-22(15-13-21)29-18-24(27)30-23-16-10-20(11-17-23)19-8-6-5-7-9-19/h5-17H,3-4,18H2,1-2H3. The first-order valence-corrected chi connectivity index (χ1v) is 9.99. The van der Waals surface area contributed by atoms with E-state index in [1.165, 1.54) is 0 Å². The Hall–Kier alpha value is -3.60. The lowest BCUT2D eigenvalue weighted by Gasteiger charge is -2.18. The van der Waals surface area contributed by atoms with Crippen molar-refractivity contribution in [3.8, 4) is 22.6 Å². The van der Waals surface area contributed by atoms with Crippen LogP contribution in [0.4, 0.5) is 0 Å². The molecule has 0 bridgehead atoms. The zero-order valence-corrected chi connectivity index (χ0v) is 17.2. The van der Waals surface area contributed by atoms with E-state index in [9.17, 15) is 9.59 Å². The monoisotopic (exact) mass is 403 g/mol. The average Bonchev–Trinajstić information content (AvgIpc) is 2.80. The predicted octanol–water partition coefficient (Wildman–Crippen LogP) is 4.82. The van der Waals surface area contributed by atoms with E-state index in [1.807, 2.05) is 56.3 Å². The molecule has 0 N–H and O–H groups in total. The highest BCUT2D eigenvalue weighted by Gasteiger charge is 2.12. The van der Waals surface area contributed by atoms with Crippen molar-refractivity contribution >= 4 is 11.9 Å². The Morgan fingerprint density at radius 1 is 0.733 bits per heavy atom. The Morgan fingerprint density at radius 2 is 1.30 bits per heavy atom. The molecule has 3 rings (SSSR count). The van der Waals surface area contributed by atoms with E-state index in [2.05, 4.69) is 0 Å². The molecule has 30 heavy (non-hydrogen) atoms. The van der Waals surface area contributed by atoms with Crippen molar-refractivity contribution in [1.29, 1.82) is 0 Å². The maximum absolute atomic E-state index is 12.3. The summed E-state index contributed by atoms with van der Waals surface area (Å²) in [5, 5.41) is 0. The number of carbonyl (C=O) groups excluding carboxylic acids is 2. The molecule has 3 aromatic carbocycles. The lowest BCUT2D eigenvalue weighted by molar-refractivity contribution is -0.136. The molecule has 0 fully saturated rings. The van der Waals surface area contributed by atoms with E-state index in [-0.39, 0.29) is 12.5 Å². The Bertz CT molecular complexity index is 962. The number of esters is 1. The highest BCUT2D eigenvalue weighted by atomic mass is 16.6. The van der Waals surface area contributed by atoms with Crippen molar-refractivity contribution < 1.29 is 19.1 Å². The fraction of sp³-hybridized carbons (Fsp3) is 0.200. The van der Waals surface area contributed by atoms with Gasteiger partial charge >= 0.3 is 5.97 Å². The van der Waals surface area contributed by atoms with Gasteiger partial charge in [0, 0.05) is 18.7 Å². The first kappa shape index (κ1) is 21.1. The largest absolute Gasteiger partial charge is 0.482 e. The van der Waals surface area contributed by atoms with Crippen molar-refractivity contribution in [2.75, 3.05) is 19.7 Å². The van der Waals surface area contributed by atoms with Gasteiger partial charge < -0.3 is 14.4 Å². The Morgan fingerprint density at radius 3 is 1.90 bits per heavy atom. The molecule has 0 spiro atoms. The van der Waals surface area contributed by atoms with Gasteiger partial charge in [0.1, 0.15) is 11.5 Å². The molecular formula is C25H25NO4. The SMILES string of the molecule is CCN(CC)C(=O)c1ccc(OCC(=O)Oc2ccc(-c3ccccc3)cc2)cc1. The van der Waals surface area contributed by atoms with E-state index in [4.69, 9.17) is 9.47 Å². The molecule has 154 valence electrons. The average molecular weight is 403 g/mol. The summed E-state index contributed by atoms with van der Waals surface area (Å²) >= 11 is 0. The number of carbonyl (C=O) groups is 2. The van der Waals surface area contributed by atoms with E-state index >= 15 is 0 Å². The number of hydrogen-bond acceptors (Lipinski definition) is 4. The van der Waals surface area contributed by atoms with Crippen molar-refractivity contribution in [2.45, 2.75) is 13.8 Å². The third kappa shape index (κ3) is 5.47. The van der Waals surface area contributed by atoms with Gasteiger partial charge in [-0.3, -0.25) is 4.79 Å². The number of rotatable bonds is 8. The highest BCUT2D eigenvalue weighted by molar-refractivity contribution is 5.94. The number of benzene rings is 3. The van der Waals surface area contributed by atoms with Crippen LogP contribution in [0.1, 0.15) is 24.2 Å². The lowest BCUT2D eigenvalue weighted by Crippen LogP contribution is -2.30. The van der Waals surface area contributed by atoms with Crippen LogP contribution in [0.3, 0.4) is 0 Å². The minimum Gasteiger partial charge on any atom is -0.482 e. The molecule has 0 heterocycles. The van der Waals surface area contributed by atoms with Crippen LogP contribution in [0.25, 0.3) is 11.1 Å². The van der Waals surface area contributed by atoms with E-state index < -0.39 is 5.97 Å². The lowest BCUT2D eigenvalue weighted by atomic mass is 10.1. The molecule has 0 aliphatic heterocycles. The number of ether oxygens (including phenoxy) is 2. The van der Waals surface area contributed by atoms with Crippen LogP contribution >= 0.6 is 0 Å². The van der Waals surface area contributed by atoms with Crippen molar-refractivity contribution in [3.05, 3.63) is 84.4 Å². The Kier molecular flexibility index (Phi) is 7.22. The topological polar surface area (TPSA) is 55.8 Å². The van der Waals surface area contributed by atoms with Gasteiger partial charge in [0.05, 0.1) is 0 Å². The molecule has 5 nitrogen and oxygen atoms in total. The van der Waals surface area contributed by atoms with E-state index in [0.29, 0.717) is 30.2 Å². The minimum absolute atomic E-state index is 0.0232. The summed E-state index contributed by atoms with van der Waals surface area (Å²) in [6.45, 7) is 4.99. The number of hydrogen-bond donors (Lipinski definition) is 0. The molecule has 0 saturated carbocycles. The van der Waals surface area contributed by atoms with Crippen LogP contribution in [-0.2, 0) is 4.79 Å². The molecular weight excluding hydrogens is 378 g/mol. The second-order valence-electron chi connectivity index (χ2n) is 6.65.